The Bertz CT molecular complexity index is 1270. The SMILES string of the molecule is COC(=O)CC1C(C)=CC(CC2=CC(OC(C)=O)C(OC(C)=O)C3(C)C2=CCC3c2ccoc2)C(=O)OC1(C)C. The second kappa shape index (κ2) is 11.1. The molecule has 0 N–H and O–H groups in total. The Morgan fingerprint density at radius 2 is 1.77 bits per heavy atom. The molecule has 40 heavy (non-hydrogen) atoms. The monoisotopic (exact) mass is 554 g/mol. The lowest BCUT2D eigenvalue weighted by atomic mass is 9.62. The maximum atomic E-state index is 13.4. The van der Waals surface area contributed by atoms with Crippen LogP contribution in [0.3, 0.4) is 0 Å². The molecule has 1 aliphatic heterocycles. The van der Waals surface area contributed by atoms with Crippen molar-refractivity contribution in [1.29, 1.82) is 0 Å². The summed E-state index contributed by atoms with van der Waals surface area (Å²) in [6.45, 7) is 10.1. The highest BCUT2D eigenvalue weighted by molar-refractivity contribution is 5.77. The number of methoxy groups -OCH3 is 1. The average Bonchev–Trinajstić information content (AvgIpc) is 3.49. The quantitative estimate of drug-likeness (QED) is 0.261. The van der Waals surface area contributed by atoms with Gasteiger partial charge in [0.25, 0.3) is 0 Å². The molecular weight excluding hydrogens is 516 g/mol. The highest BCUT2D eigenvalue weighted by atomic mass is 16.6. The van der Waals surface area contributed by atoms with Crippen molar-refractivity contribution in [2.24, 2.45) is 17.3 Å². The fraction of sp³-hybridized carbons (Fsp3) is 0.548. The lowest BCUT2D eigenvalue weighted by Gasteiger charge is -2.46. The van der Waals surface area contributed by atoms with Gasteiger partial charge in [0.15, 0.2) is 12.2 Å². The van der Waals surface area contributed by atoms with Gasteiger partial charge in [-0.25, -0.2) is 0 Å². The minimum Gasteiger partial charge on any atom is -0.472 e. The maximum Gasteiger partial charge on any atom is 0.313 e. The van der Waals surface area contributed by atoms with Gasteiger partial charge in [-0.3, -0.25) is 19.2 Å². The van der Waals surface area contributed by atoms with Gasteiger partial charge in [-0.05, 0) is 62.5 Å². The second-order valence-electron chi connectivity index (χ2n) is 11.6. The molecule has 6 unspecified atom stereocenters. The van der Waals surface area contributed by atoms with E-state index in [0.29, 0.717) is 6.42 Å². The number of cyclic esters (lactones) is 1. The summed E-state index contributed by atoms with van der Waals surface area (Å²) in [5.74, 6) is -2.89. The Labute approximate surface area is 234 Å². The zero-order chi connectivity index (χ0) is 29.4. The van der Waals surface area contributed by atoms with E-state index in [0.717, 1.165) is 22.3 Å². The van der Waals surface area contributed by atoms with Crippen molar-refractivity contribution < 1.29 is 42.5 Å². The molecule has 0 bridgehead atoms. The molecule has 0 saturated carbocycles. The van der Waals surface area contributed by atoms with E-state index in [4.69, 9.17) is 23.4 Å². The number of hydrogen-bond acceptors (Lipinski definition) is 9. The Balaban J connectivity index is 1.76. The van der Waals surface area contributed by atoms with Gasteiger partial charge in [-0.15, -0.1) is 0 Å². The minimum atomic E-state index is -0.921. The number of allylic oxidation sites excluding steroid dienone is 2. The summed E-state index contributed by atoms with van der Waals surface area (Å²) in [6.07, 6.45) is 8.40. The minimum absolute atomic E-state index is 0.0860. The van der Waals surface area contributed by atoms with E-state index >= 15 is 0 Å². The molecule has 0 saturated heterocycles. The van der Waals surface area contributed by atoms with Crippen molar-refractivity contribution in [1.82, 2.24) is 0 Å². The van der Waals surface area contributed by atoms with Crippen LogP contribution in [-0.2, 0) is 38.1 Å². The largest absolute Gasteiger partial charge is 0.472 e. The van der Waals surface area contributed by atoms with Crippen LogP contribution >= 0.6 is 0 Å². The van der Waals surface area contributed by atoms with Crippen molar-refractivity contribution in [3.8, 4) is 0 Å². The number of hydrogen-bond donors (Lipinski definition) is 0. The zero-order valence-corrected chi connectivity index (χ0v) is 24.1. The summed E-state index contributed by atoms with van der Waals surface area (Å²) < 4.78 is 27.8. The van der Waals surface area contributed by atoms with Crippen LogP contribution in [0, 0.1) is 17.3 Å². The average molecular weight is 555 g/mol. The number of ether oxygens (including phenoxy) is 4. The van der Waals surface area contributed by atoms with Crippen LogP contribution in [0.15, 0.2) is 58.0 Å². The lowest BCUT2D eigenvalue weighted by molar-refractivity contribution is -0.171. The van der Waals surface area contributed by atoms with Gasteiger partial charge in [0, 0.05) is 31.1 Å². The fourth-order valence-electron chi connectivity index (χ4n) is 6.71. The number of carbonyl (C=O) groups excluding carboxylic acids is 4. The van der Waals surface area contributed by atoms with E-state index in [1.165, 1.54) is 21.0 Å². The predicted molar refractivity (Wildman–Crippen MR) is 144 cm³/mol. The van der Waals surface area contributed by atoms with Crippen LogP contribution in [0.5, 0.6) is 0 Å². The van der Waals surface area contributed by atoms with Gasteiger partial charge in [0.2, 0.25) is 0 Å². The molecule has 6 atom stereocenters. The van der Waals surface area contributed by atoms with Crippen molar-refractivity contribution in [2.75, 3.05) is 7.11 Å². The van der Waals surface area contributed by atoms with Crippen LogP contribution in [0.25, 0.3) is 0 Å². The van der Waals surface area contributed by atoms with Crippen LogP contribution in [0.1, 0.15) is 72.3 Å². The molecule has 0 fully saturated rings. The van der Waals surface area contributed by atoms with Gasteiger partial charge in [0.05, 0.1) is 32.0 Å². The molecule has 4 rings (SSSR count). The van der Waals surface area contributed by atoms with Gasteiger partial charge in [0.1, 0.15) is 5.60 Å². The first-order valence-corrected chi connectivity index (χ1v) is 13.5. The van der Waals surface area contributed by atoms with E-state index in [1.807, 2.05) is 26.0 Å². The third kappa shape index (κ3) is 5.51. The van der Waals surface area contributed by atoms with Crippen LogP contribution < -0.4 is 0 Å². The van der Waals surface area contributed by atoms with Crippen LogP contribution in [-0.4, -0.2) is 48.8 Å². The number of fused-ring (bicyclic) bond motifs is 1. The van der Waals surface area contributed by atoms with E-state index in [2.05, 4.69) is 6.08 Å². The summed E-state index contributed by atoms with van der Waals surface area (Å²) in [7, 11) is 1.33. The number of esters is 4. The second-order valence-corrected chi connectivity index (χ2v) is 11.6. The molecule has 216 valence electrons. The highest BCUT2D eigenvalue weighted by Crippen LogP contribution is 2.59. The summed E-state index contributed by atoms with van der Waals surface area (Å²) in [5.41, 5.74) is 1.86. The number of rotatable bonds is 7. The van der Waals surface area contributed by atoms with E-state index in [9.17, 15) is 19.2 Å². The maximum absolute atomic E-state index is 13.4. The van der Waals surface area contributed by atoms with E-state index < -0.39 is 47.0 Å². The molecule has 2 heterocycles. The standard InChI is InChI=1S/C31H38O9/c1-17-12-22(29(35)40-30(4,5)25(17)15-27(34)36-7)13-21-14-26(38-18(2)32)28(39-19(3)33)31(6)23(8-9-24(21)31)20-10-11-37-16-20/h9-12,14,16,22-23,25-26,28H,8,13,15H2,1-7H3. The van der Waals surface area contributed by atoms with Crippen LogP contribution in [0.4, 0.5) is 0 Å². The third-order valence-electron chi connectivity index (χ3n) is 8.56. The van der Waals surface area contributed by atoms with Crippen LogP contribution in [0.2, 0.25) is 0 Å². The molecule has 0 aromatic carbocycles. The summed E-state index contributed by atoms with van der Waals surface area (Å²) >= 11 is 0. The van der Waals surface area contributed by atoms with E-state index in [1.54, 1.807) is 32.4 Å². The predicted octanol–water partition coefficient (Wildman–Crippen LogP) is 4.97. The third-order valence-corrected chi connectivity index (χ3v) is 8.56. The Kier molecular flexibility index (Phi) is 8.15. The van der Waals surface area contributed by atoms with Crippen molar-refractivity contribution in [3.63, 3.8) is 0 Å². The molecule has 3 aliphatic rings. The van der Waals surface area contributed by atoms with Crippen molar-refractivity contribution in [2.45, 2.75) is 84.5 Å². The Hall–Kier alpha value is -3.62. The molecule has 2 aliphatic carbocycles. The van der Waals surface area contributed by atoms with Gasteiger partial charge < -0.3 is 23.4 Å². The lowest BCUT2D eigenvalue weighted by Crippen LogP contribution is -2.51. The first-order valence-electron chi connectivity index (χ1n) is 13.5. The number of carbonyl (C=O) groups is 4. The topological polar surface area (TPSA) is 118 Å². The number of furan rings is 1. The molecule has 0 amide bonds. The zero-order valence-electron chi connectivity index (χ0n) is 24.1. The fourth-order valence-corrected chi connectivity index (χ4v) is 6.71. The van der Waals surface area contributed by atoms with E-state index in [-0.39, 0.29) is 30.6 Å². The molecule has 1 aromatic heterocycles. The Morgan fingerprint density at radius 1 is 1.07 bits per heavy atom. The van der Waals surface area contributed by atoms with Crippen molar-refractivity contribution >= 4 is 23.9 Å². The van der Waals surface area contributed by atoms with Gasteiger partial charge in [-0.1, -0.05) is 24.6 Å². The van der Waals surface area contributed by atoms with Crippen molar-refractivity contribution in [3.05, 3.63) is 59.1 Å². The molecular formula is C31H38O9. The first-order chi connectivity index (χ1) is 18.8. The Morgan fingerprint density at radius 3 is 2.38 bits per heavy atom. The molecule has 9 heteroatoms. The molecule has 0 radical (unpaired) electrons. The molecule has 9 nitrogen and oxygen atoms in total. The summed E-state index contributed by atoms with van der Waals surface area (Å²) in [5, 5.41) is 0. The molecule has 0 spiro atoms. The first kappa shape index (κ1) is 29.4. The van der Waals surface area contributed by atoms with Gasteiger partial charge in [-0.2, -0.15) is 0 Å². The smallest absolute Gasteiger partial charge is 0.313 e. The highest BCUT2D eigenvalue weighted by Gasteiger charge is 2.56. The van der Waals surface area contributed by atoms with Gasteiger partial charge >= 0.3 is 23.9 Å². The molecule has 1 aromatic rings. The summed E-state index contributed by atoms with van der Waals surface area (Å²) in [6, 6.07) is 1.88. The summed E-state index contributed by atoms with van der Waals surface area (Å²) in [4.78, 5) is 50.0. The normalized spacial score (nSPS) is 31.0.